The van der Waals surface area contributed by atoms with Gasteiger partial charge in [-0.25, -0.2) is 14.4 Å². The van der Waals surface area contributed by atoms with Crippen molar-refractivity contribution < 1.29 is 18.5 Å². The molecule has 0 fully saturated rings. The Labute approximate surface area is 167 Å². The molecule has 148 valence electrons. The molecule has 1 atom stereocenters. The summed E-state index contributed by atoms with van der Waals surface area (Å²) in [6, 6.07) is 7.38. The number of halogens is 1. The molecule has 0 bridgehead atoms. The summed E-state index contributed by atoms with van der Waals surface area (Å²) in [5.41, 5.74) is 6.21. The molecule has 1 aromatic carbocycles. The van der Waals surface area contributed by atoms with E-state index in [9.17, 15) is 18.5 Å². The van der Waals surface area contributed by atoms with Crippen molar-refractivity contribution in [2.24, 2.45) is 0 Å². The number of nitrogens with one attached hydrogen (secondary N) is 2. The highest BCUT2D eigenvalue weighted by atomic mass is 32.2. The minimum Gasteiger partial charge on any atom is -0.588 e. The molecule has 0 aliphatic carbocycles. The summed E-state index contributed by atoms with van der Waals surface area (Å²) < 4.78 is 28.1. The van der Waals surface area contributed by atoms with E-state index in [-0.39, 0.29) is 22.8 Å². The van der Waals surface area contributed by atoms with E-state index in [0.29, 0.717) is 10.6 Å². The molecule has 11 heteroatoms. The summed E-state index contributed by atoms with van der Waals surface area (Å²) in [5.74, 6) is -1.81. The average Bonchev–Trinajstić information content (AvgIpc) is 2.69. The van der Waals surface area contributed by atoms with Crippen LogP contribution in [0.4, 0.5) is 15.9 Å². The van der Waals surface area contributed by atoms with E-state index in [0.717, 1.165) is 6.20 Å². The Hall–Kier alpha value is -3.57. The first-order chi connectivity index (χ1) is 13.8. The zero-order valence-electron chi connectivity index (χ0n) is 15.0. The predicted octanol–water partition coefficient (Wildman–Crippen LogP) is 1.67. The van der Waals surface area contributed by atoms with Crippen molar-refractivity contribution in [3.05, 3.63) is 60.4 Å². The number of nitrogens with two attached hydrogens (primary N) is 1. The summed E-state index contributed by atoms with van der Waals surface area (Å²) in [4.78, 5) is 35.6. The lowest BCUT2D eigenvalue weighted by atomic mass is 10.2. The van der Waals surface area contributed by atoms with Crippen LogP contribution < -0.4 is 15.8 Å². The third-order valence-electron chi connectivity index (χ3n) is 3.63. The van der Waals surface area contributed by atoms with Crippen LogP contribution in [0.2, 0.25) is 0 Å². The maximum absolute atomic E-state index is 13.9. The van der Waals surface area contributed by atoms with E-state index in [2.05, 4.69) is 25.0 Å². The van der Waals surface area contributed by atoms with Gasteiger partial charge in [0, 0.05) is 24.4 Å². The molecule has 0 aliphatic heterocycles. The summed E-state index contributed by atoms with van der Waals surface area (Å²) in [7, 11) is 0. The van der Waals surface area contributed by atoms with Crippen molar-refractivity contribution in [3.63, 3.8) is 0 Å². The Bertz CT molecular complexity index is 1060. The number of rotatable bonds is 5. The molecule has 0 saturated carbocycles. The van der Waals surface area contributed by atoms with Crippen molar-refractivity contribution in [2.75, 3.05) is 11.1 Å². The normalized spacial score (nSPS) is 11.6. The third-order valence-corrected chi connectivity index (χ3v) is 4.80. The van der Waals surface area contributed by atoms with E-state index < -0.39 is 29.0 Å². The Morgan fingerprint density at radius 2 is 1.90 bits per heavy atom. The van der Waals surface area contributed by atoms with Crippen LogP contribution in [0.1, 0.15) is 17.4 Å². The van der Waals surface area contributed by atoms with Gasteiger partial charge in [-0.15, -0.1) is 0 Å². The number of hydrogen-bond acceptors (Lipinski definition) is 7. The number of nitrogens with zero attached hydrogens (tertiary/aromatic N) is 3. The fraction of sp³-hybridized carbons (Fsp3) is 0.0556. The number of pyridine rings is 1. The molecule has 0 aliphatic rings. The molecule has 2 aromatic heterocycles. The van der Waals surface area contributed by atoms with E-state index in [1.807, 2.05) is 0 Å². The van der Waals surface area contributed by atoms with Gasteiger partial charge in [-0.2, -0.15) is 4.72 Å². The highest BCUT2D eigenvalue weighted by Crippen LogP contribution is 2.21. The van der Waals surface area contributed by atoms with Crippen LogP contribution >= 0.6 is 0 Å². The monoisotopic (exact) mass is 414 g/mol. The predicted molar refractivity (Wildman–Crippen MR) is 104 cm³/mol. The topological polar surface area (TPSA) is 146 Å². The Morgan fingerprint density at radius 3 is 2.55 bits per heavy atom. The molecular weight excluding hydrogens is 399 g/mol. The highest BCUT2D eigenvalue weighted by Gasteiger charge is 2.17. The molecule has 29 heavy (non-hydrogen) atoms. The maximum atomic E-state index is 13.9. The Balaban J connectivity index is 1.80. The second-order valence-corrected chi connectivity index (χ2v) is 6.96. The minimum atomic E-state index is -1.70. The Morgan fingerprint density at radius 1 is 1.17 bits per heavy atom. The highest BCUT2D eigenvalue weighted by molar-refractivity contribution is 7.90. The first kappa shape index (κ1) is 20.2. The zero-order chi connectivity index (χ0) is 21.0. The van der Waals surface area contributed by atoms with Gasteiger partial charge in [0.1, 0.15) is 11.4 Å². The molecular formula is C18H15FN6O3S. The van der Waals surface area contributed by atoms with Gasteiger partial charge in [0.15, 0.2) is 22.2 Å². The van der Waals surface area contributed by atoms with Crippen molar-refractivity contribution in [3.8, 4) is 11.3 Å². The third kappa shape index (κ3) is 4.83. The molecule has 2 heterocycles. The molecule has 3 rings (SSSR count). The van der Waals surface area contributed by atoms with Crippen LogP contribution in [0.5, 0.6) is 0 Å². The van der Waals surface area contributed by atoms with Crippen LogP contribution in [0.3, 0.4) is 0 Å². The van der Waals surface area contributed by atoms with E-state index in [4.69, 9.17) is 5.73 Å². The lowest BCUT2D eigenvalue weighted by molar-refractivity contribution is -0.117. The fourth-order valence-electron chi connectivity index (χ4n) is 2.32. The minimum absolute atomic E-state index is 0.121. The summed E-state index contributed by atoms with van der Waals surface area (Å²) in [6.07, 6.45) is 3.68. The van der Waals surface area contributed by atoms with Crippen LogP contribution in [0, 0.1) is 5.82 Å². The Kier molecular flexibility index (Phi) is 6.00. The average molecular weight is 414 g/mol. The molecule has 0 radical (unpaired) electrons. The molecule has 3 aromatic rings. The van der Waals surface area contributed by atoms with Crippen LogP contribution in [-0.2, 0) is 16.2 Å². The second kappa shape index (κ2) is 8.63. The molecule has 2 amide bonds. The van der Waals surface area contributed by atoms with Gasteiger partial charge in [0.05, 0.1) is 18.1 Å². The lowest BCUT2D eigenvalue weighted by Crippen LogP contribution is -2.28. The summed E-state index contributed by atoms with van der Waals surface area (Å²) >= 11 is -1.70. The number of aromatic nitrogens is 3. The molecule has 0 spiro atoms. The maximum Gasteiger partial charge on any atom is 0.278 e. The zero-order valence-corrected chi connectivity index (χ0v) is 15.9. The van der Waals surface area contributed by atoms with Crippen molar-refractivity contribution in [1.82, 2.24) is 19.7 Å². The first-order valence-corrected chi connectivity index (χ1v) is 9.33. The van der Waals surface area contributed by atoms with E-state index in [1.54, 1.807) is 0 Å². The standard InChI is InChI=1S/C18H15FN6O3S/c1-10(26)25-29(28)12-4-2-11(3-5-12)23-18(27)16-17(20)22-9-15(24-16)13-6-7-21-8-14(13)19/h2-9H,1H3,(H2,20,22)(H,23,27)(H,25,26). The smallest absolute Gasteiger partial charge is 0.278 e. The van der Waals surface area contributed by atoms with Crippen molar-refractivity contribution >= 4 is 34.7 Å². The van der Waals surface area contributed by atoms with Gasteiger partial charge in [-0.05, 0) is 30.3 Å². The van der Waals surface area contributed by atoms with E-state index >= 15 is 0 Å². The molecule has 0 saturated heterocycles. The number of carbonyl (C=O) groups is 2. The number of nitrogen functional groups attached to an aromatic ring is 1. The molecule has 9 nitrogen and oxygen atoms in total. The van der Waals surface area contributed by atoms with E-state index in [1.165, 1.54) is 49.6 Å². The van der Waals surface area contributed by atoms with Crippen LogP contribution in [-0.4, -0.2) is 31.3 Å². The number of carbonyl (C=O) groups excluding carboxylic acids is 2. The number of benzene rings is 1. The van der Waals surface area contributed by atoms with Gasteiger partial charge in [-0.3, -0.25) is 14.6 Å². The fourth-order valence-corrected chi connectivity index (χ4v) is 3.08. The van der Waals surface area contributed by atoms with Crippen molar-refractivity contribution in [2.45, 2.75) is 11.8 Å². The lowest BCUT2D eigenvalue weighted by Gasteiger charge is -2.10. The van der Waals surface area contributed by atoms with Crippen molar-refractivity contribution in [1.29, 1.82) is 0 Å². The SMILES string of the molecule is CC(=O)N[S+]([O-])c1ccc(NC(=O)c2nc(-c3ccncc3F)cnc2N)cc1. The van der Waals surface area contributed by atoms with Gasteiger partial charge >= 0.3 is 0 Å². The second-order valence-electron chi connectivity index (χ2n) is 5.75. The number of amides is 2. The van der Waals surface area contributed by atoms with Crippen LogP contribution in [0.25, 0.3) is 11.3 Å². The van der Waals surface area contributed by atoms with Gasteiger partial charge in [-0.1, -0.05) is 0 Å². The van der Waals surface area contributed by atoms with Gasteiger partial charge in [0.25, 0.3) is 11.8 Å². The van der Waals surface area contributed by atoms with Gasteiger partial charge in [0.2, 0.25) is 0 Å². The van der Waals surface area contributed by atoms with Crippen LogP contribution in [0.15, 0.2) is 53.8 Å². The van der Waals surface area contributed by atoms with Gasteiger partial charge < -0.3 is 15.6 Å². The number of hydrogen-bond donors (Lipinski definition) is 3. The summed E-state index contributed by atoms with van der Waals surface area (Å²) in [6.45, 7) is 1.25. The summed E-state index contributed by atoms with van der Waals surface area (Å²) in [5, 5.41) is 2.59. The number of anilines is 2. The molecule has 4 N–H and O–H groups in total. The largest absolute Gasteiger partial charge is 0.588 e. The molecule has 1 unspecified atom stereocenters. The quantitative estimate of drug-likeness (QED) is 0.538. The first-order valence-electron chi connectivity index (χ1n) is 8.18.